The maximum Gasteiger partial charge on any atom is 0.266 e. The third-order valence-corrected chi connectivity index (χ3v) is 2.73. The molecule has 0 aliphatic carbocycles. The average Bonchev–Trinajstić information content (AvgIpc) is 2.47. The first-order valence-electron chi connectivity index (χ1n) is 5.25. The molecule has 0 radical (unpaired) electrons. The maximum absolute atomic E-state index is 11.4. The summed E-state index contributed by atoms with van der Waals surface area (Å²) in [6.07, 6.45) is 3.70. The van der Waals surface area contributed by atoms with Crippen LogP contribution in [0.5, 0.6) is 0 Å². The number of aromatic amines is 1. The van der Waals surface area contributed by atoms with E-state index in [1.807, 2.05) is 6.92 Å². The van der Waals surface area contributed by atoms with Gasteiger partial charge in [0.2, 0.25) is 0 Å². The lowest BCUT2D eigenvalue weighted by molar-refractivity contribution is 0.347. The first-order chi connectivity index (χ1) is 6.75. The Balaban J connectivity index is 2.02. The van der Waals surface area contributed by atoms with Gasteiger partial charge in [0.1, 0.15) is 0 Å². The normalized spacial score (nSPS) is 22.5. The van der Waals surface area contributed by atoms with Crippen molar-refractivity contribution in [3.63, 3.8) is 0 Å². The fraction of sp³-hybridized carbons (Fsp3) is 0.700. The Hall–Kier alpha value is -1.03. The number of nitrogens with zero attached hydrogens (tertiary/aromatic N) is 1. The summed E-state index contributed by atoms with van der Waals surface area (Å²) in [6.45, 7) is 3.76. The van der Waals surface area contributed by atoms with E-state index in [0.29, 0.717) is 6.04 Å². The fourth-order valence-electron chi connectivity index (χ4n) is 2.00. The Labute approximate surface area is 83.3 Å². The van der Waals surface area contributed by atoms with Gasteiger partial charge in [-0.05, 0) is 26.3 Å². The van der Waals surface area contributed by atoms with Crippen LogP contribution in [0.2, 0.25) is 0 Å². The van der Waals surface area contributed by atoms with Gasteiger partial charge >= 0.3 is 0 Å². The van der Waals surface area contributed by atoms with Crippen LogP contribution < -0.4 is 10.9 Å². The number of hydrogen-bond acceptors (Lipinski definition) is 2. The van der Waals surface area contributed by atoms with Crippen LogP contribution in [-0.4, -0.2) is 22.4 Å². The van der Waals surface area contributed by atoms with Crippen LogP contribution in [0.15, 0.2) is 10.9 Å². The summed E-state index contributed by atoms with van der Waals surface area (Å²) in [5.41, 5.74) is 1.01. The molecule has 1 saturated heterocycles. The van der Waals surface area contributed by atoms with Crippen molar-refractivity contribution in [3.05, 3.63) is 22.1 Å². The molecule has 0 spiro atoms. The van der Waals surface area contributed by atoms with E-state index in [4.69, 9.17) is 0 Å². The summed E-state index contributed by atoms with van der Waals surface area (Å²) in [5.74, 6) is 0. The fourth-order valence-corrected chi connectivity index (χ4v) is 2.00. The van der Waals surface area contributed by atoms with Gasteiger partial charge in [0.25, 0.3) is 5.56 Å². The van der Waals surface area contributed by atoms with Gasteiger partial charge in [0.15, 0.2) is 0 Å². The standard InChI is InChI=1S/C10H17N3O/c1-8-6-10(14)13(12-8)7-9-4-2-3-5-11-9/h6,9,11-12H,2-5,7H2,1H3. The Morgan fingerprint density at radius 2 is 2.43 bits per heavy atom. The Morgan fingerprint density at radius 3 is 3.00 bits per heavy atom. The molecule has 4 nitrogen and oxygen atoms in total. The molecule has 1 atom stereocenters. The second-order valence-corrected chi connectivity index (χ2v) is 4.03. The lowest BCUT2D eigenvalue weighted by Gasteiger charge is -2.23. The summed E-state index contributed by atoms with van der Waals surface area (Å²) < 4.78 is 1.69. The highest BCUT2D eigenvalue weighted by molar-refractivity contribution is 4.96. The number of piperidine rings is 1. The smallest absolute Gasteiger partial charge is 0.266 e. The van der Waals surface area contributed by atoms with E-state index in [-0.39, 0.29) is 5.56 Å². The number of nitrogens with one attached hydrogen (secondary N) is 2. The van der Waals surface area contributed by atoms with Crippen LogP contribution in [0.3, 0.4) is 0 Å². The third-order valence-electron chi connectivity index (χ3n) is 2.73. The highest BCUT2D eigenvalue weighted by Gasteiger charge is 2.13. The largest absolute Gasteiger partial charge is 0.312 e. The van der Waals surface area contributed by atoms with Crippen LogP contribution in [0.1, 0.15) is 25.0 Å². The van der Waals surface area contributed by atoms with Crippen molar-refractivity contribution in [2.75, 3.05) is 6.54 Å². The Morgan fingerprint density at radius 1 is 1.57 bits per heavy atom. The molecule has 1 aromatic rings. The predicted octanol–water partition coefficient (Wildman–Crippen LogP) is 0.627. The van der Waals surface area contributed by atoms with E-state index in [1.54, 1.807) is 10.7 Å². The number of H-pyrrole nitrogens is 1. The third kappa shape index (κ3) is 2.07. The van der Waals surface area contributed by atoms with E-state index >= 15 is 0 Å². The van der Waals surface area contributed by atoms with Gasteiger partial charge in [-0.2, -0.15) is 0 Å². The molecule has 2 rings (SSSR count). The number of rotatable bonds is 2. The van der Waals surface area contributed by atoms with Gasteiger partial charge in [-0.3, -0.25) is 14.6 Å². The molecular formula is C10H17N3O. The number of aryl methyl sites for hydroxylation is 1. The topological polar surface area (TPSA) is 49.8 Å². The monoisotopic (exact) mass is 195 g/mol. The summed E-state index contributed by atoms with van der Waals surface area (Å²) in [5, 5.41) is 6.48. The molecule has 1 fully saturated rings. The molecule has 0 bridgehead atoms. The van der Waals surface area contributed by atoms with Crippen LogP contribution in [0, 0.1) is 6.92 Å². The molecule has 0 saturated carbocycles. The first kappa shape index (κ1) is 9.52. The van der Waals surface area contributed by atoms with Crippen LogP contribution in [0.25, 0.3) is 0 Å². The molecule has 1 unspecified atom stereocenters. The minimum atomic E-state index is 0.0786. The summed E-state index contributed by atoms with van der Waals surface area (Å²) in [4.78, 5) is 11.4. The van der Waals surface area contributed by atoms with E-state index in [9.17, 15) is 4.79 Å². The summed E-state index contributed by atoms with van der Waals surface area (Å²) in [6, 6.07) is 2.10. The van der Waals surface area contributed by atoms with Gasteiger partial charge in [-0.15, -0.1) is 0 Å². The Kier molecular flexibility index (Phi) is 2.72. The average molecular weight is 195 g/mol. The molecule has 1 aromatic heterocycles. The van der Waals surface area contributed by atoms with Gasteiger partial charge in [0.05, 0.1) is 6.54 Å². The first-order valence-corrected chi connectivity index (χ1v) is 5.25. The van der Waals surface area contributed by atoms with Crippen molar-refractivity contribution in [1.82, 2.24) is 15.1 Å². The maximum atomic E-state index is 11.4. The minimum Gasteiger partial charge on any atom is -0.312 e. The van der Waals surface area contributed by atoms with E-state index in [0.717, 1.165) is 18.8 Å². The van der Waals surface area contributed by atoms with Crippen LogP contribution in [0.4, 0.5) is 0 Å². The zero-order chi connectivity index (χ0) is 9.97. The van der Waals surface area contributed by atoms with Crippen molar-refractivity contribution in [2.45, 2.75) is 38.8 Å². The van der Waals surface area contributed by atoms with Crippen molar-refractivity contribution < 1.29 is 0 Å². The molecule has 1 aliphatic heterocycles. The highest BCUT2D eigenvalue weighted by Crippen LogP contribution is 2.07. The van der Waals surface area contributed by atoms with Crippen molar-refractivity contribution >= 4 is 0 Å². The summed E-state index contributed by atoms with van der Waals surface area (Å²) in [7, 11) is 0. The summed E-state index contributed by atoms with van der Waals surface area (Å²) >= 11 is 0. The highest BCUT2D eigenvalue weighted by atomic mass is 16.1. The van der Waals surface area contributed by atoms with Crippen LogP contribution in [-0.2, 0) is 6.54 Å². The molecule has 2 N–H and O–H groups in total. The predicted molar refractivity (Wildman–Crippen MR) is 55.4 cm³/mol. The van der Waals surface area contributed by atoms with Crippen molar-refractivity contribution in [2.24, 2.45) is 0 Å². The van der Waals surface area contributed by atoms with E-state index in [2.05, 4.69) is 10.4 Å². The van der Waals surface area contributed by atoms with E-state index in [1.165, 1.54) is 19.3 Å². The molecule has 14 heavy (non-hydrogen) atoms. The van der Waals surface area contributed by atoms with Gasteiger partial charge < -0.3 is 5.32 Å². The zero-order valence-electron chi connectivity index (χ0n) is 8.55. The minimum absolute atomic E-state index is 0.0786. The molecule has 0 aromatic carbocycles. The second-order valence-electron chi connectivity index (χ2n) is 4.03. The molecule has 2 heterocycles. The van der Waals surface area contributed by atoms with Gasteiger partial charge in [-0.25, -0.2) is 0 Å². The lowest BCUT2D eigenvalue weighted by Crippen LogP contribution is -2.39. The van der Waals surface area contributed by atoms with Gasteiger partial charge in [0, 0.05) is 17.8 Å². The SMILES string of the molecule is Cc1cc(=O)n(CC2CCCCN2)[nH]1. The lowest BCUT2D eigenvalue weighted by atomic mass is 10.1. The molecule has 1 aliphatic rings. The van der Waals surface area contributed by atoms with Gasteiger partial charge in [-0.1, -0.05) is 6.42 Å². The number of aromatic nitrogens is 2. The number of hydrogen-bond donors (Lipinski definition) is 2. The van der Waals surface area contributed by atoms with Crippen molar-refractivity contribution in [3.8, 4) is 0 Å². The second kappa shape index (κ2) is 4.00. The van der Waals surface area contributed by atoms with Crippen molar-refractivity contribution in [1.29, 1.82) is 0 Å². The van der Waals surface area contributed by atoms with E-state index < -0.39 is 0 Å². The quantitative estimate of drug-likeness (QED) is 0.727. The molecule has 78 valence electrons. The molecule has 4 heteroatoms. The molecular weight excluding hydrogens is 178 g/mol. The molecule has 0 amide bonds. The zero-order valence-corrected chi connectivity index (χ0v) is 8.55. The Bertz CT molecular complexity index is 346. The van der Waals surface area contributed by atoms with Crippen LogP contribution >= 0.6 is 0 Å².